The first-order valence-electron chi connectivity index (χ1n) is 6.75. The molecule has 2 rings (SSSR count). The molecule has 0 fully saturated rings. The van der Waals surface area contributed by atoms with Crippen molar-refractivity contribution < 1.29 is 23.7 Å². The van der Waals surface area contributed by atoms with Crippen LogP contribution in [0.5, 0.6) is 0 Å². The first kappa shape index (κ1) is 16.3. The summed E-state index contributed by atoms with van der Waals surface area (Å²) in [7, 11) is 0. The Kier molecular flexibility index (Phi) is 4.54. The number of carbonyl (C=O) groups is 2. The van der Waals surface area contributed by atoms with E-state index in [1.54, 1.807) is 19.1 Å². The maximum Gasteiger partial charge on any atom is 0.415 e. The summed E-state index contributed by atoms with van der Waals surface area (Å²) in [4.78, 5) is 46.3. The minimum atomic E-state index is -1.57. The summed E-state index contributed by atoms with van der Waals surface area (Å²) < 4.78 is 9.73. The fourth-order valence-electron chi connectivity index (χ4n) is 2.34. The number of esters is 1. The van der Waals surface area contributed by atoms with Crippen molar-refractivity contribution in [1.82, 2.24) is 0 Å². The molecule has 1 aromatic heterocycles. The second-order valence-corrected chi connectivity index (χ2v) is 4.70. The Morgan fingerprint density at radius 3 is 2.57 bits per heavy atom. The van der Waals surface area contributed by atoms with Crippen molar-refractivity contribution in [3.8, 4) is 0 Å². The third kappa shape index (κ3) is 2.96. The lowest BCUT2D eigenvalue weighted by molar-refractivity contribution is -0.387. The highest BCUT2D eigenvalue weighted by Gasteiger charge is 2.37. The van der Waals surface area contributed by atoms with Crippen molar-refractivity contribution in [1.29, 1.82) is 0 Å². The number of rotatable bonds is 5. The van der Waals surface area contributed by atoms with Crippen LogP contribution in [-0.4, -0.2) is 23.3 Å². The molecule has 0 aliphatic carbocycles. The number of ketones is 1. The van der Waals surface area contributed by atoms with Gasteiger partial charge in [-0.05, 0) is 19.9 Å². The van der Waals surface area contributed by atoms with Crippen LogP contribution in [0.25, 0.3) is 11.0 Å². The van der Waals surface area contributed by atoms with E-state index in [2.05, 4.69) is 0 Å². The predicted molar refractivity (Wildman–Crippen MR) is 79.2 cm³/mol. The second-order valence-electron chi connectivity index (χ2n) is 4.70. The number of nitrogens with zero attached hydrogens (tertiary/aromatic N) is 1. The molecule has 8 heteroatoms. The highest BCUT2D eigenvalue weighted by molar-refractivity contribution is 6.07. The fraction of sp³-hybridized carbons (Fsp3) is 0.267. The molecular weight excluding hydrogens is 306 g/mol. The molecule has 8 nitrogen and oxygen atoms in total. The number of Topliss-reactive ketones (excluding diaryl/α,β-unsaturated/α-hetero) is 1. The summed E-state index contributed by atoms with van der Waals surface area (Å²) in [5.74, 6) is -3.18. The predicted octanol–water partition coefficient (Wildman–Crippen LogP) is 1.94. The summed E-state index contributed by atoms with van der Waals surface area (Å²) in [6.45, 7) is 2.64. The zero-order chi connectivity index (χ0) is 17.1. The molecular formula is C15H13NO7. The van der Waals surface area contributed by atoms with Gasteiger partial charge in [-0.15, -0.1) is 0 Å². The molecule has 1 aromatic carbocycles. The van der Waals surface area contributed by atoms with Gasteiger partial charge in [-0.2, -0.15) is 0 Å². The fourth-order valence-corrected chi connectivity index (χ4v) is 2.34. The molecule has 0 spiro atoms. The average molecular weight is 319 g/mol. The Balaban J connectivity index is 2.91. The van der Waals surface area contributed by atoms with Gasteiger partial charge >= 0.3 is 17.3 Å². The highest BCUT2D eigenvalue weighted by atomic mass is 16.6. The molecule has 0 saturated heterocycles. The number of hydrogen-bond acceptors (Lipinski definition) is 7. The number of benzene rings is 1. The monoisotopic (exact) mass is 319 g/mol. The van der Waals surface area contributed by atoms with Crippen LogP contribution in [0, 0.1) is 10.1 Å². The SMILES string of the molecule is CCOC(=O)C(C(C)=O)c1c([N+](=O)[O-])c(=O)oc2ccccc12. The Labute approximate surface area is 129 Å². The van der Waals surface area contributed by atoms with Gasteiger partial charge < -0.3 is 9.15 Å². The zero-order valence-electron chi connectivity index (χ0n) is 12.4. The lowest BCUT2D eigenvalue weighted by Gasteiger charge is -2.14. The third-order valence-electron chi connectivity index (χ3n) is 3.23. The molecule has 23 heavy (non-hydrogen) atoms. The lowest BCUT2D eigenvalue weighted by atomic mass is 9.91. The van der Waals surface area contributed by atoms with Crippen LogP contribution in [0.2, 0.25) is 0 Å². The Hall–Kier alpha value is -3.03. The van der Waals surface area contributed by atoms with Crippen LogP contribution in [-0.2, 0) is 14.3 Å². The topological polar surface area (TPSA) is 117 Å². The van der Waals surface area contributed by atoms with Crippen LogP contribution in [0.4, 0.5) is 5.69 Å². The van der Waals surface area contributed by atoms with E-state index in [-0.39, 0.29) is 23.1 Å². The second kappa shape index (κ2) is 6.39. The maximum atomic E-state index is 12.1. The Morgan fingerprint density at radius 2 is 2.00 bits per heavy atom. The minimum Gasteiger partial charge on any atom is -0.465 e. The third-order valence-corrected chi connectivity index (χ3v) is 3.23. The quantitative estimate of drug-likeness (QED) is 0.272. The van der Waals surface area contributed by atoms with Gasteiger partial charge in [0.1, 0.15) is 17.3 Å². The molecule has 0 bridgehead atoms. The first-order valence-corrected chi connectivity index (χ1v) is 6.75. The van der Waals surface area contributed by atoms with E-state index in [4.69, 9.17) is 9.15 Å². The van der Waals surface area contributed by atoms with Crippen LogP contribution in [0.3, 0.4) is 0 Å². The van der Waals surface area contributed by atoms with Crippen molar-refractivity contribution in [2.24, 2.45) is 0 Å². The van der Waals surface area contributed by atoms with Gasteiger partial charge in [0.25, 0.3) is 0 Å². The molecule has 0 aliphatic rings. The number of carbonyl (C=O) groups excluding carboxylic acids is 2. The molecule has 0 aliphatic heterocycles. The number of fused-ring (bicyclic) bond motifs is 1. The summed E-state index contributed by atoms with van der Waals surface area (Å²) in [5, 5.41) is 11.4. The van der Waals surface area contributed by atoms with E-state index in [1.165, 1.54) is 12.1 Å². The number of hydrogen-bond donors (Lipinski definition) is 0. The van der Waals surface area contributed by atoms with Crippen molar-refractivity contribution >= 4 is 28.4 Å². The van der Waals surface area contributed by atoms with Crippen molar-refractivity contribution in [3.63, 3.8) is 0 Å². The summed E-state index contributed by atoms with van der Waals surface area (Å²) in [6.07, 6.45) is 0. The summed E-state index contributed by atoms with van der Waals surface area (Å²) in [5.41, 5.74) is -2.40. The van der Waals surface area contributed by atoms with Gasteiger partial charge in [0.2, 0.25) is 0 Å². The summed E-state index contributed by atoms with van der Waals surface area (Å²) in [6, 6.07) is 5.98. The van der Waals surface area contributed by atoms with Gasteiger partial charge in [0.05, 0.1) is 17.1 Å². The number of para-hydroxylation sites is 1. The normalized spacial score (nSPS) is 11.9. The van der Waals surface area contributed by atoms with Gasteiger partial charge in [-0.3, -0.25) is 19.7 Å². The smallest absolute Gasteiger partial charge is 0.415 e. The molecule has 0 saturated carbocycles. The molecule has 1 atom stereocenters. The average Bonchev–Trinajstić information content (AvgIpc) is 2.46. The number of nitro groups is 1. The first-order chi connectivity index (χ1) is 10.9. The van der Waals surface area contributed by atoms with Crippen molar-refractivity contribution in [2.75, 3.05) is 6.61 Å². The van der Waals surface area contributed by atoms with E-state index in [0.29, 0.717) is 0 Å². The molecule has 120 valence electrons. The highest BCUT2D eigenvalue weighted by Crippen LogP contribution is 2.33. The Morgan fingerprint density at radius 1 is 1.35 bits per heavy atom. The molecule has 2 aromatic rings. The van der Waals surface area contributed by atoms with E-state index < -0.39 is 33.9 Å². The van der Waals surface area contributed by atoms with Crippen LogP contribution < -0.4 is 5.63 Å². The van der Waals surface area contributed by atoms with Gasteiger partial charge in [-0.1, -0.05) is 18.2 Å². The zero-order valence-corrected chi connectivity index (χ0v) is 12.4. The van der Waals surface area contributed by atoms with Crippen molar-refractivity contribution in [3.05, 3.63) is 50.4 Å². The molecule has 0 radical (unpaired) electrons. The summed E-state index contributed by atoms with van der Waals surface area (Å²) >= 11 is 0. The van der Waals surface area contributed by atoms with Crippen LogP contribution >= 0.6 is 0 Å². The number of ether oxygens (including phenoxy) is 1. The standard InChI is InChI=1S/C15H13NO7/c1-3-22-14(18)11(8(2)17)12-9-6-4-5-7-10(9)23-15(19)13(12)16(20)21/h4-7,11H,3H2,1-2H3. The van der Waals surface area contributed by atoms with E-state index >= 15 is 0 Å². The molecule has 0 amide bonds. The van der Waals surface area contributed by atoms with Gasteiger partial charge in [0, 0.05) is 5.39 Å². The minimum absolute atomic E-state index is 0.00418. The molecule has 0 N–H and O–H groups in total. The van der Waals surface area contributed by atoms with E-state index in [0.717, 1.165) is 6.92 Å². The van der Waals surface area contributed by atoms with Crippen molar-refractivity contribution in [2.45, 2.75) is 19.8 Å². The molecule has 1 unspecified atom stereocenters. The van der Waals surface area contributed by atoms with Crippen LogP contribution in [0.1, 0.15) is 25.3 Å². The maximum absolute atomic E-state index is 12.1. The lowest BCUT2D eigenvalue weighted by Crippen LogP contribution is -2.25. The molecule has 1 heterocycles. The van der Waals surface area contributed by atoms with Gasteiger partial charge in [0.15, 0.2) is 0 Å². The van der Waals surface area contributed by atoms with E-state index in [9.17, 15) is 24.5 Å². The largest absolute Gasteiger partial charge is 0.465 e. The van der Waals surface area contributed by atoms with Crippen LogP contribution in [0.15, 0.2) is 33.5 Å². The van der Waals surface area contributed by atoms with Gasteiger partial charge in [-0.25, -0.2) is 4.79 Å². The Bertz CT molecular complexity index is 853. The van der Waals surface area contributed by atoms with E-state index in [1.807, 2.05) is 0 Å².